The van der Waals surface area contributed by atoms with Gasteiger partial charge in [0.25, 0.3) is 0 Å². The van der Waals surface area contributed by atoms with E-state index in [2.05, 4.69) is 40.7 Å². The summed E-state index contributed by atoms with van der Waals surface area (Å²) in [6.07, 6.45) is -21.6. The highest BCUT2D eigenvalue weighted by Crippen LogP contribution is 2.76. The summed E-state index contributed by atoms with van der Waals surface area (Å²) in [5.41, 5.74) is -2.88. The zero-order chi connectivity index (χ0) is 56.2. The summed E-state index contributed by atoms with van der Waals surface area (Å²) < 4.78 is 48.8. The molecule has 0 aromatic rings. The van der Waals surface area contributed by atoms with Crippen LogP contribution in [0.1, 0.15) is 114 Å². The molecule has 0 bridgehead atoms. The van der Waals surface area contributed by atoms with E-state index >= 15 is 0 Å². The van der Waals surface area contributed by atoms with Crippen LogP contribution in [0.5, 0.6) is 0 Å². The molecular weight excluding hydrogens is 1000 g/mol. The Balaban J connectivity index is 1.12. The SMILES string of the molecule is C/C=C(\C)C(=O)O[C@H]1[C@H](OC(C)=O)[C@]2(CO)[C@H](O)C[C@]3(C)C(=CC[C@@H]4[C@@]5(C)CC[C@H](O[C@@H]6O[C@H](C(=O)O)[C@@H](O)[C@H](O[C@@H]7O[C@@H](CO)[C@@H](O)[C@H]7O)[C@H]6O[C@@H]6O[C@H](CO)[C@@H](O)[C@H](O)[C@H]6O)C(C)(C)[C@@H]5CC[C@]43C)[C@@H]2CC1(C)C. The van der Waals surface area contributed by atoms with Gasteiger partial charge in [0.1, 0.15) is 73.2 Å². The first-order valence-electron chi connectivity index (χ1n) is 26.9. The Morgan fingerprint density at radius 1 is 0.684 bits per heavy atom. The smallest absolute Gasteiger partial charge is 0.335 e. The van der Waals surface area contributed by atoms with Crippen LogP contribution >= 0.6 is 0 Å². The third-order valence-electron chi connectivity index (χ3n) is 20.6. The maximum Gasteiger partial charge on any atom is 0.335 e. The van der Waals surface area contributed by atoms with Gasteiger partial charge in [-0.25, -0.2) is 9.59 Å². The van der Waals surface area contributed by atoms with Crippen LogP contribution in [0.4, 0.5) is 0 Å². The maximum absolute atomic E-state index is 13.4. The summed E-state index contributed by atoms with van der Waals surface area (Å²) in [7, 11) is 0. The lowest BCUT2D eigenvalue weighted by Crippen LogP contribution is -2.72. The lowest BCUT2D eigenvalue weighted by Gasteiger charge is -2.72. The van der Waals surface area contributed by atoms with E-state index in [1.807, 2.05) is 13.8 Å². The lowest BCUT2D eigenvalue weighted by atomic mass is 9.33. The second-order valence-electron chi connectivity index (χ2n) is 25.2. The standard InChI is InChI=1S/C54H84O22/c1-11-23(2)45(68)76-42-43(69-24(3)58)54(22-57)26(18-49(42,4)5)25-12-13-30-51(8)16-15-32(50(6,7)29(51)14-17-52(30,9)53(25,10)19-31(54)59)72-48-41(75-47-37(64)35(62)33(60)27(20-55)70-47)39(38(65)40(74-48)44(66)67)73-46-36(63)34(61)28(21-56)71-46/h11-12,26-43,46-48,55-57,59-65H,13-22H2,1-10H3,(H,66,67)/b23-11+/t26-,27+,28-,29-,30+,31+,32-,33+,34+,35-,36+,37+,38-,39-,40-,41+,42-,43-,46-,47-,48+,51-,52+,53+,54-/m0/s1. The Kier molecular flexibility index (Phi) is 16.6. The lowest BCUT2D eigenvalue weighted by molar-refractivity contribution is -0.386. The number of rotatable bonds is 13. The van der Waals surface area contributed by atoms with Crippen molar-refractivity contribution < 1.29 is 108 Å². The van der Waals surface area contributed by atoms with E-state index in [0.29, 0.717) is 44.1 Å². The second-order valence-corrected chi connectivity index (χ2v) is 25.2. The quantitative estimate of drug-likeness (QED) is 0.0513. The van der Waals surface area contributed by atoms with Crippen LogP contribution in [0.3, 0.4) is 0 Å². The average molecular weight is 1090 g/mol. The molecule has 0 spiro atoms. The predicted molar refractivity (Wildman–Crippen MR) is 262 cm³/mol. The van der Waals surface area contributed by atoms with Crippen LogP contribution in [0.25, 0.3) is 0 Å². The van der Waals surface area contributed by atoms with Crippen LogP contribution in [0, 0.1) is 50.2 Å². The van der Waals surface area contributed by atoms with Gasteiger partial charge in [0, 0.05) is 17.9 Å². The number of aliphatic hydroxyl groups excluding tert-OH is 10. The van der Waals surface area contributed by atoms with E-state index in [0.717, 1.165) is 5.57 Å². The molecule has 5 aliphatic carbocycles. The fraction of sp³-hybridized carbons (Fsp3) is 0.870. The van der Waals surface area contributed by atoms with Gasteiger partial charge in [-0.15, -0.1) is 0 Å². The summed E-state index contributed by atoms with van der Waals surface area (Å²) in [5, 5.41) is 120. The van der Waals surface area contributed by atoms with Gasteiger partial charge in [-0.2, -0.15) is 0 Å². The molecule has 4 saturated carbocycles. The van der Waals surface area contributed by atoms with Gasteiger partial charge in [0.15, 0.2) is 25.0 Å². The number of hydrogen-bond donors (Lipinski definition) is 11. The van der Waals surface area contributed by atoms with Gasteiger partial charge in [0.2, 0.25) is 0 Å². The predicted octanol–water partition coefficient (Wildman–Crippen LogP) is 0.346. The maximum atomic E-state index is 13.4. The molecule has 76 heavy (non-hydrogen) atoms. The monoisotopic (exact) mass is 1080 g/mol. The minimum Gasteiger partial charge on any atom is -0.479 e. The normalized spacial score (nSPS) is 49.8. The molecule has 8 aliphatic rings. The Bertz CT molecular complexity index is 2220. The second kappa shape index (κ2) is 21.3. The van der Waals surface area contributed by atoms with Gasteiger partial charge in [-0.05, 0) is 98.2 Å². The number of ether oxygens (including phenoxy) is 8. The number of esters is 2. The molecule has 7 fully saturated rings. The molecule has 0 amide bonds. The van der Waals surface area contributed by atoms with Crippen molar-refractivity contribution in [1.29, 1.82) is 0 Å². The van der Waals surface area contributed by atoms with Crippen LogP contribution in [-0.2, 0) is 52.3 Å². The van der Waals surface area contributed by atoms with Crippen LogP contribution in [0.2, 0.25) is 0 Å². The third-order valence-corrected chi connectivity index (χ3v) is 20.6. The topological polar surface area (TPSA) is 348 Å². The summed E-state index contributed by atoms with van der Waals surface area (Å²) in [6.45, 7) is 17.3. The van der Waals surface area contributed by atoms with Crippen molar-refractivity contribution in [2.45, 2.75) is 225 Å². The summed E-state index contributed by atoms with van der Waals surface area (Å²) in [5.74, 6) is -3.33. The van der Waals surface area contributed by atoms with Crippen molar-refractivity contribution in [2.75, 3.05) is 19.8 Å². The summed E-state index contributed by atoms with van der Waals surface area (Å²) in [4.78, 5) is 39.2. The molecule has 3 aliphatic heterocycles. The van der Waals surface area contributed by atoms with E-state index in [1.165, 1.54) is 6.92 Å². The van der Waals surface area contributed by atoms with Crippen molar-refractivity contribution in [1.82, 2.24) is 0 Å². The van der Waals surface area contributed by atoms with Gasteiger partial charge < -0.3 is 94.1 Å². The number of aliphatic hydroxyl groups is 10. The van der Waals surface area contributed by atoms with Crippen LogP contribution < -0.4 is 0 Å². The van der Waals surface area contributed by atoms with Crippen molar-refractivity contribution >= 4 is 17.9 Å². The van der Waals surface area contributed by atoms with Gasteiger partial charge in [-0.1, -0.05) is 66.2 Å². The number of carbonyl (C=O) groups is 3. The van der Waals surface area contributed by atoms with Crippen molar-refractivity contribution in [3.63, 3.8) is 0 Å². The minimum absolute atomic E-state index is 0.0355. The number of carbonyl (C=O) groups excluding carboxylic acids is 2. The van der Waals surface area contributed by atoms with Crippen LogP contribution in [0.15, 0.2) is 23.3 Å². The van der Waals surface area contributed by atoms with Crippen molar-refractivity contribution in [2.24, 2.45) is 50.2 Å². The van der Waals surface area contributed by atoms with Gasteiger partial charge in [0.05, 0.1) is 37.4 Å². The highest BCUT2D eigenvalue weighted by molar-refractivity contribution is 5.87. The Labute approximate surface area is 443 Å². The molecule has 25 atom stereocenters. The highest BCUT2D eigenvalue weighted by atomic mass is 16.8. The Morgan fingerprint density at radius 3 is 1.84 bits per heavy atom. The largest absolute Gasteiger partial charge is 0.479 e. The first-order valence-corrected chi connectivity index (χ1v) is 26.9. The molecular formula is C54H84O22. The first kappa shape index (κ1) is 59.4. The molecule has 22 nitrogen and oxygen atoms in total. The molecule has 0 unspecified atom stereocenters. The van der Waals surface area contributed by atoms with E-state index in [-0.39, 0.29) is 23.7 Å². The molecule has 8 rings (SSSR count). The number of aliphatic carboxylic acids is 1. The molecule has 11 N–H and O–H groups in total. The number of allylic oxidation sites excluding steroid dienone is 3. The van der Waals surface area contributed by atoms with Gasteiger partial charge in [-0.3, -0.25) is 4.79 Å². The Morgan fingerprint density at radius 2 is 1.28 bits per heavy atom. The molecule has 3 saturated heterocycles. The number of carboxylic acid groups (broad SMARTS) is 1. The Hall–Kier alpha value is -2.75. The fourth-order valence-electron chi connectivity index (χ4n) is 16.0. The van der Waals surface area contributed by atoms with Gasteiger partial charge >= 0.3 is 17.9 Å². The molecule has 22 heteroatoms. The molecule has 432 valence electrons. The average Bonchev–Trinajstić information content (AvgIpc) is 3.65. The molecule has 0 radical (unpaired) electrons. The summed E-state index contributed by atoms with van der Waals surface area (Å²) in [6, 6.07) is 0. The van der Waals surface area contributed by atoms with Crippen molar-refractivity contribution in [3.05, 3.63) is 23.3 Å². The minimum atomic E-state index is -2.10. The molecule has 3 heterocycles. The molecule has 0 aromatic heterocycles. The van der Waals surface area contributed by atoms with E-state index in [9.17, 15) is 70.6 Å². The van der Waals surface area contributed by atoms with E-state index in [1.54, 1.807) is 19.9 Å². The number of fused-ring (bicyclic) bond motifs is 7. The fourth-order valence-corrected chi connectivity index (χ4v) is 16.0. The highest BCUT2D eigenvalue weighted by Gasteiger charge is 2.74. The van der Waals surface area contributed by atoms with Crippen LogP contribution in [-0.4, -0.2) is 204 Å². The first-order chi connectivity index (χ1) is 35.4. The van der Waals surface area contributed by atoms with Crippen molar-refractivity contribution in [3.8, 4) is 0 Å². The number of carboxylic acids is 1. The van der Waals surface area contributed by atoms with E-state index in [4.69, 9.17) is 37.9 Å². The number of hydrogen-bond acceptors (Lipinski definition) is 21. The summed E-state index contributed by atoms with van der Waals surface area (Å²) >= 11 is 0. The zero-order valence-electron chi connectivity index (χ0n) is 45.3. The third kappa shape index (κ3) is 9.32. The molecule has 0 aromatic carbocycles. The van der Waals surface area contributed by atoms with E-state index < -0.39 is 181 Å². The zero-order valence-corrected chi connectivity index (χ0v) is 45.3.